The van der Waals surface area contributed by atoms with E-state index in [1.165, 1.54) is 12.0 Å². The van der Waals surface area contributed by atoms with E-state index in [2.05, 4.69) is 52.0 Å². The average Bonchev–Trinajstić information content (AvgIpc) is 2.93. The van der Waals surface area contributed by atoms with E-state index in [-0.39, 0.29) is 23.5 Å². The maximum atomic E-state index is 12.9. The smallest absolute Gasteiger partial charge is 0.407 e. The molecule has 2 saturated carbocycles. The molecule has 7 heteroatoms. The zero-order valence-corrected chi connectivity index (χ0v) is 21.9. The molecule has 0 bridgehead atoms. The Balaban J connectivity index is 1.29. The maximum Gasteiger partial charge on any atom is 0.407 e. The fourth-order valence-electron chi connectivity index (χ4n) is 5.56. The molecule has 7 nitrogen and oxygen atoms in total. The number of carbonyl (C=O) groups is 2. The zero-order valence-electron chi connectivity index (χ0n) is 21.9. The molecule has 4 N–H and O–H groups in total. The van der Waals surface area contributed by atoms with Crippen molar-refractivity contribution in [3.63, 3.8) is 0 Å². The maximum absolute atomic E-state index is 12.9. The summed E-state index contributed by atoms with van der Waals surface area (Å²) in [5.74, 6) is 0.770. The van der Waals surface area contributed by atoms with Gasteiger partial charge < -0.3 is 21.1 Å². The Morgan fingerprint density at radius 1 is 0.974 bits per heavy atom. The summed E-state index contributed by atoms with van der Waals surface area (Å²) in [7, 11) is 1.56. The van der Waals surface area contributed by atoms with Gasteiger partial charge in [-0.25, -0.2) is 9.78 Å². The highest BCUT2D eigenvalue weighted by atomic mass is 16.6. The lowest BCUT2D eigenvalue weighted by Gasteiger charge is -2.38. The number of rotatable bonds is 7. The second-order valence-corrected chi connectivity index (χ2v) is 10.6. The van der Waals surface area contributed by atoms with Gasteiger partial charge in [-0.15, -0.1) is 0 Å². The molecule has 2 aliphatic carbocycles. The van der Waals surface area contributed by atoms with E-state index in [1.54, 1.807) is 7.05 Å². The second-order valence-electron chi connectivity index (χ2n) is 10.6. The standard InChI is InChI=1S/C31H36N4O3/c1-33-30(37)38-25-14-8-21(9-15-25)18-29(36)35-28-19-26(22-6-3-2-4-7-22)27(20-34-28)23-10-12-24(13-11-23)31(32)16-5-17-31/h2-4,6-7,10-13,19-21,25H,5,8-9,14-18,32H2,1H3,(H,33,37)(H,34,35,36)/t21-,25-. The van der Waals surface area contributed by atoms with Crippen LogP contribution in [0.15, 0.2) is 66.9 Å². The van der Waals surface area contributed by atoms with Crippen molar-refractivity contribution < 1.29 is 14.3 Å². The van der Waals surface area contributed by atoms with E-state index in [9.17, 15) is 9.59 Å². The number of hydrogen-bond acceptors (Lipinski definition) is 5. The molecule has 5 rings (SSSR count). The van der Waals surface area contributed by atoms with E-state index in [0.717, 1.165) is 60.8 Å². The third-order valence-electron chi connectivity index (χ3n) is 8.02. The minimum Gasteiger partial charge on any atom is -0.446 e. The number of nitrogens with two attached hydrogens (primary N) is 1. The minimum atomic E-state index is -0.396. The van der Waals surface area contributed by atoms with Crippen molar-refractivity contribution in [2.45, 2.75) is 63.0 Å². The van der Waals surface area contributed by atoms with Gasteiger partial charge in [-0.2, -0.15) is 0 Å². The van der Waals surface area contributed by atoms with Gasteiger partial charge in [0, 0.05) is 30.8 Å². The molecule has 2 aliphatic rings. The van der Waals surface area contributed by atoms with Gasteiger partial charge >= 0.3 is 6.09 Å². The lowest BCUT2D eigenvalue weighted by atomic mass is 9.72. The summed E-state index contributed by atoms with van der Waals surface area (Å²) in [4.78, 5) is 28.9. The van der Waals surface area contributed by atoms with Crippen LogP contribution in [0, 0.1) is 5.92 Å². The Morgan fingerprint density at radius 3 is 2.29 bits per heavy atom. The summed E-state index contributed by atoms with van der Waals surface area (Å²) in [6, 6.07) is 20.6. The number of ether oxygens (including phenoxy) is 1. The highest BCUT2D eigenvalue weighted by Crippen LogP contribution is 2.40. The van der Waals surface area contributed by atoms with Crippen LogP contribution in [0.5, 0.6) is 0 Å². The lowest BCUT2D eigenvalue weighted by Crippen LogP contribution is -2.43. The molecule has 3 aromatic rings. The Bertz CT molecular complexity index is 1260. The van der Waals surface area contributed by atoms with Crippen LogP contribution in [0.2, 0.25) is 0 Å². The fraction of sp³-hybridized carbons (Fsp3) is 0.387. The van der Waals surface area contributed by atoms with Crippen LogP contribution in [0.4, 0.5) is 10.6 Å². The molecule has 1 heterocycles. The average molecular weight is 513 g/mol. The molecule has 2 amide bonds. The number of benzene rings is 2. The predicted octanol–water partition coefficient (Wildman–Crippen LogP) is 6.00. The van der Waals surface area contributed by atoms with Gasteiger partial charge in [-0.1, -0.05) is 54.6 Å². The Kier molecular flexibility index (Phi) is 7.74. The normalized spacial score (nSPS) is 20.2. The molecule has 2 aromatic carbocycles. The van der Waals surface area contributed by atoms with Crippen molar-refractivity contribution in [3.05, 3.63) is 72.4 Å². The molecule has 1 aromatic heterocycles. The number of amides is 2. The Hall–Kier alpha value is -3.71. The summed E-state index contributed by atoms with van der Waals surface area (Å²) in [6.07, 6.45) is 8.32. The number of nitrogens with one attached hydrogen (secondary N) is 2. The van der Waals surface area contributed by atoms with E-state index in [1.807, 2.05) is 30.5 Å². The molecular formula is C31H36N4O3. The van der Waals surface area contributed by atoms with Gasteiger partial charge in [-0.3, -0.25) is 4.79 Å². The number of aromatic nitrogens is 1. The number of pyridine rings is 1. The molecule has 0 radical (unpaired) electrons. The molecule has 0 saturated heterocycles. The van der Waals surface area contributed by atoms with Crippen molar-refractivity contribution in [1.29, 1.82) is 0 Å². The van der Waals surface area contributed by atoms with Crippen LogP contribution in [0.25, 0.3) is 22.3 Å². The second kappa shape index (κ2) is 11.4. The van der Waals surface area contributed by atoms with Crippen LogP contribution in [-0.2, 0) is 15.1 Å². The monoisotopic (exact) mass is 512 g/mol. The van der Waals surface area contributed by atoms with Crippen molar-refractivity contribution in [2.75, 3.05) is 12.4 Å². The molecule has 0 atom stereocenters. The summed E-state index contributed by atoms with van der Waals surface area (Å²) in [5.41, 5.74) is 11.7. The van der Waals surface area contributed by atoms with Gasteiger partial charge in [0.25, 0.3) is 0 Å². The SMILES string of the molecule is CNC(=O)O[C@H]1CC[C@H](CC(=O)Nc2cc(-c3ccccc3)c(-c3ccc(C4(N)CCC4)cc3)cn2)CC1. The van der Waals surface area contributed by atoms with Crippen LogP contribution in [-0.4, -0.2) is 30.1 Å². The number of carbonyl (C=O) groups excluding carboxylic acids is 2. The summed E-state index contributed by atoms with van der Waals surface area (Å²) in [6.45, 7) is 0. The van der Waals surface area contributed by atoms with Crippen molar-refractivity contribution >= 4 is 17.8 Å². The Labute approximate surface area is 224 Å². The summed E-state index contributed by atoms with van der Waals surface area (Å²) < 4.78 is 5.36. The zero-order chi connectivity index (χ0) is 26.5. The van der Waals surface area contributed by atoms with Crippen LogP contribution in [0.3, 0.4) is 0 Å². The first-order chi connectivity index (χ1) is 18.4. The van der Waals surface area contributed by atoms with Gasteiger partial charge in [0.05, 0.1) is 0 Å². The largest absolute Gasteiger partial charge is 0.446 e. The molecular weight excluding hydrogens is 476 g/mol. The van der Waals surface area contributed by atoms with E-state index in [0.29, 0.717) is 12.2 Å². The predicted molar refractivity (Wildman–Crippen MR) is 149 cm³/mol. The Morgan fingerprint density at radius 2 is 1.66 bits per heavy atom. The van der Waals surface area contributed by atoms with Gasteiger partial charge in [0.15, 0.2) is 0 Å². The van der Waals surface area contributed by atoms with E-state index >= 15 is 0 Å². The van der Waals surface area contributed by atoms with Gasteiger partial charge in [0.1, 0.15) is 11.9 Å². The first-order valence-corrected chi connectivity index (χ1v) is 13.6. The van der Waals surface area contributed by atoms with Crippen LogP contribution < -0.4 is 16.4 Å². The fourth-order valence-corrected chi connectivity index (χ4v) is 5.56. The number of nitrogens with zero attached hydrogens (tertiary/aromatic N) is 1. The highest BCUT2D eigenvalue weighted by Gasteiger charge is 2.34. The minimum absolute atomic E-state index is 0.0435. The number of alkyl carbamates (subject to hydrolysis) is 1. The third-order valence-corrected chi connectivity index (χ3v) is 8.02. The summed E-state index contributed by atoms with van der Waals surface area (Å²) >= 11 is 0. The number of anilines is 1. The summed E-state index contributed by atoms with van der Waals surface area (Å²) in [5, 5.41) is 5.50. The van der Waals surface area contributed by atoms with Crippen molar-refractivity contribution in [1.82, 2.24) is 10.3 Å². The van der Waals surface area contributed by atoms with Gasteiger partial charge in [-0.05, 0) is 79.2 Å². The number of hydrogen-bond donors (Lipinski definition) is 3. The van der Waals surface area contributed by atoms with Crippen LogP contribution in [0.1, 0.15) is 56.9 Å². The van der Waals surface area contributed by atoms with E-state index in [4.69, 9.17) is 10.5 Å². The first kappa shape index (κ1) is 25.9. The molecule has 0 spiro atoms. The van der Waals surface area contributed by atoms with Crippen LogP contribution >= 0.6 is 0 Å². The molecule has 38 heavy (non-hydrogen) atoms. The quantitative estimate of drug-likeness (QED) is 0.360. The topological polar surface area (TPSA) is 106 Å². The molecule has 0 unspecified atom stereocenters. The van der Waals surface area contributed by atoms with Crippen molar-refractivity contribution in [2.24, 2.45) is 11.7 Å². The molecule has 198 valence electrons. The third kappa shape index (κ3) is 5.89. The molecule has 2 fully saturated rings. The molecule has 0 aliphatic heterocycles. The van der Waals surface area contributed by atoms with Crippen molar-refractivity contribution in [3.8, 4) is 22.3 Å². The van der Waals surface area contributed by atoms with Gasteiger partial charge in [0.2, 0.25) is 5.91 Å². The highest BCUT2D eigenvalue weighted by molar-refractivity contribution is 5.92. The first-order valence-electron chi connectivity index (χ1n) is 13.6. The lowest BCUT2D eigenvalue weighted by molar-refractivity contribution is -0.117. The van der Waals surface area contributed by atoms with E-state index < -0.39 is 6.09 Å².